The largest absolute Gasteiger partial charge is 0.508 e. The molecular formula is C18H16ClNO3. The minimum Gasteiger partial charge on any atom is -0.508 e. The first-order valence-corrected chi connectivity index (χ1v) is 7.38. The van der Waals surface area contributed by atoms with Gasteiger partial charge in [-0.05, 0) is 41.5 Å². The zero-order valence-electron chi connectivity index (χ0n) is 12.3. The van der Waals surface area contributed by atoms with E-state index < -0.39 is 12.0 Å². The lowest BCUT2D eigenvalue weighted by atomic mass is 10.1. The average Bonchev–Trinajstić information content (AvgIpc) is 2.53. The molecule has 2 N–H and O–H groups in total. The van der Waals surface area contributed by atoms with E-state index in [0.717, 1.165) is 11.1 Å². The third-order valence-electron chi connectivity index (χ3n) is 3.16. The van der Waals surface area contributed by atoms with Gasteiger partial charge in [0.05, 0.1) is 0 Å². The molecule has 2 aromatic rings. The number of carbonyl (C=O) groups is 1. The number of aromatic hydroxyl groups is 1. The number of hydrogen-bond acceptors (Lipinski definition) is 3. The van der Waals surface area contributed by atoms with Gasteiger partial charge in [0, 0.05) is 17.7 Å². The summed E-state index contributed by atoms with van der Waals surface area (Å²) < 4.78 is 0. The molecule has 0 aliphatic carbocycles. The first kappa shape index (κ1) is 16.8. The number of aliphatic imine (C=N–C) groups is 1. The number of nitrogens with zero attached hydrogens (tertiary/aromatic N) is 1. The van der Waals surface area contributed by atoms with E-state index in [1.54, 1.807) is 30.3 Å². The highest BCUT2D eigenvalue weighted by molar-refractivity contribution is 6.30. The number of carboxylic acids is 1. The van der Waals surface area contributed by atoms with E-state index in [1.165, 1.54) is 18.3 Å². The quantitative estimate of drug-likeness (QED) is 0.791. The lowest BCUT2D eigenvalue weighted by Gasteiger charge is -2.07. The summed E-state index contributed by atoms with van der Waals surface area (Å²) in [7, 11) is 0. The average molecular weight is 330 g/mol. The Hall–Kier alpha value is -2.59. The summed E-state index contributed by atoms with van der Waals surface area (Å²) >= 11 is 5.80. The van der Waals surface area contributed by atoms with Gasteiger partial charge in [-0.1, -0.05) is 41.9 Å². The summed E-state index contributed by atoms with van der Waals surface area (Å²) in [6.07, 6.45) is 5.25. The van der Waals surface area contributed by atoms with Crippen LogP contribution in [-0.2, 0) is 11.2 Å². The van der Waals surface area contributed by atoms with Gasteiger partial charge in [-0.15, -0.1) is 0 Å². The molecule has 2 rings (SSSR count). The maximum atomic E-state index is 11.3. The summed E-state index contributed by atoms with van der Waals surface area (Å²) in [6.45, 7) is 0. The number of phenols is 1. The van der Waals surface area contributed by atoms with Crippen molar-refractivity contribution >= 4 is 29.9 Å². The predicted octanol–water partition coefficient (Wildman–Crippen LogP) is 3.83. The number of aliphatic carboxylic acids is 1. The van der Waals surface area contributed by atoms with Crippen molar-refractivity contribution in [3.63, 3.8) is 0 Å². The second-order valence-electron chi connectivity index (χ2n) is 4.93. The Morgan fingerprint density at radius 2 is 1.78 bits per heavy atom. The monoisotopic (exact) mass is 329 g/mol. The van der Waals surface area contributed by atoms with E-state index in [2.05, 4.69) is 4.99 Å². The number of benzene rings is 2. The molecule has 0 radical (unpaired) electrons. The van der Waals surface area contributed by atoms with Crippen molar-refractivity contribution < 1.29 is 15.0 Å². The SMILES string of the molecule is O=C(O)[C@H](Cc1ccc(O)cc1)N=C/C=C/c1ccc(Cl)cc1. The van der Waals surface area contributed by atoms with E-state index in [1.807, 2.05) is 18.2 Å². The normalized spacial score (nSPS) is 12.7. The lowest BCUT2D eigenvalue weighted by Crippen LogP contribution is -2.20. The van der Waals surface area contributed by atoms with E-state index >= 15 is 0 Å². The van der Waals surface area contributed by atoms with Crippen LogP contribution in [-0.4, -0.2) is 28.4 Å². The number of rotatable bonds is 6. The minimum absolute atomic E-state index is 0.148. The van der Waals surface area contributed by atoms with Crippen molar-refractivity contribution in [2.24, 2.45) is 4.99 Å². The molecule has 1 atom stereocenters. The molecule has 2 aromatic carbocycles. The molecule has 0 fully saturated rings. The Bertz CT molecular complexity index is 706. The van der Waals surface area contributed by atoms with Crippen molar-refractivity contribution in [1.29, 1.82) is 0 Å². The Morgan fingerprint density at radius 1 is 1.13 bits per heavy atom. The molecule has 0 spiro atoms. The van der Waals surface area contributed by atoms with Crippen molar-refractivity contribution in [1.82, 2.24) is 0 Å². The van der Waals surface area contributed by atoms with Crippen molar-refractivity contribution in [3.05, 3.63) is 70.8 Å². The molecular weight excluding hydrogens is 314 g/mol. The molecule has 0 amide bonds. The van der Waals surface area contributed by atoms with Gasteiger partial charge in [-0.2, -0.15) is 0 Å². The molecule has 118 valence electrons. The van der Waals surface area contributed by atoms with Crippen molar-refractivity contribution in [2.45, 2.75) is 12.5 Å². The van der Waals surface area contributed by atoms with Crippen LogP contribution in [0.5, 0.6) is 5.75 Å². The standard InChI is InChI=1S/C18H16ClNO3/c19-15-7-3-13(4-8-15)2-1-11-20-17(18(22)23)12-14-5-9-16(21)10-6-14/h1-11,17,21H,12H2,(H,22,23)/b2-1+,20-11?/t17-/m0/s1. The molecule has 0 aliphatic heterocycles. The highest BCUT2D eigenvalue weighted by Gasteiger charge is 2.15. The second-order valence-corrected chi connectivity index (χ2v) is 5.37. The predicted molar refractivity (Wildman–Crippen MR) is 92.2 cm³/mol. The van der Waals surface area contributed by atoms with Crippen LogP contribution in [0, 0.1) is 0 Å². The summed E-state index contributed by atoms with van der Waals surface area (Å²) in [5.41, 5.74) is 1.75. The fourth-order valence-corrected chi connectivity index (χ4v) is 2.07. The topological polar surface area (TPSA) is 69.9 Å². The molecule has 23 heavy (non-hydrogen) atoms. The van der Waals surface area contributed by atoms with Gasteiger partial charge in [0.2, 0.25) is 0 Å². The lowest BCUT2D eigenvalue weighted by molar-refractivity contribution is -0.138. The summed E-state index contributed by atoms with van der Waals surface area (Å²) in [5, 5.41) is 19.1. The fourth-order valence-electron chi connectivity index (χ4n) is 1.94. The highest BCUT2D eigenvalue weighted by Crippen LogP contribution is 2.13. The molecule has 0 unspecified atom stereocenters. The van der Waals surface area contributed by atoms with Gasteiger partial charge >= 0.3 is 5.97 Å². The van der Waals surface area contributed by atoms with Crippen molar-refractivity contribution in [3.8, 4) is 5.75 Å². The van der Waals surface area contributed by atoms with Crippen LogP contribution in [0.4, 0.5) is 0 Å². The first-order chi connectivity index (χ1) is 11.0. The smallest absolute Gasteiger partial charge is 0.328 e. The van der Waals surface area contributed by atoms with Gasteiger partial charge < -0.3 is 10.2 Å². The van der Waals surface area contributed by atoms with Gasteiger partial charge in [-0.3, -0.25) is 4.99 Å². The Labute approximate surface area is 139 Å². The van der Waals surface area contributed by atoms with Crippen LogP contribution in [0.3, 0.4) is 0 Å². The van der Waals surface area contributed by atoms with E-state index in [9.17, 15) is 15.0 Å². The van der Waals surface area contributed by atoms with E-state index in [-0.39, 0.29) is 12.2 Å². The zero-order valence-corrected chi connectivity index (χ0v) is 13.0. The minimum atomic E-state index is -0.991. The van der Waals surface area contributed by atoms with Crippen LogP contribution >= 0.6 is 11.6 Å². The van der Waals surface area contributed by atoms with Crippen LogP contribution < -0.4 is 0 Å². The molecule has 4 nitrogen and oxygen atoms in total. The molecule has 0 saturated carbocycles. The molecule has 0 aromatic heterocycles. The fraction of sp³-hybridized carbons (Fsp3) is 0.111. The summed E-state index contributed by atoms with van der Waals surface area (Å²) in [5.74, 6) is -0.843. The molecule has 0 saturated heterocycles. The van der Waals surface area contributed by atoms with E-state index in [0.29, 0.717) is 5.02 Å². The second kappa shape index (κ2) is 8.15. The zero-order chi connectivity index (χ0) is 16.7. The van der Waals surface area contributed by atoms with Crippen LogP contribution in [0.1, 0.15) is 11.1 Å². The maximum Gasteiger partial charge on any atom is 0.328 e. The molecule has 0 aliphatic rings. The van der Waals surface area contributed by atoms with Crippen LogP contribution in [0.25, 0.3) is 6.08 Å². The number of allylic oxidation sites excluding steroid dienone is 1. The summed E-state index contributed by atoms with van der Waals surface area (Å²) in [4.78, 5) is 15.3. The van der Waals surface area contributed by atoms with Gasteiger partial charge in [0.25, 0.3) is 0 Å². The van der Waals surface area contributed by atoms with Gasteiger partial charge in [0.15, 0.2) is 6.04 Å². The van der Waals surface area contributed by atoms with Gasteiger partial charge in [-0.25, -0.2) is 4.79 Å². The number of phenolic OH excluding ortho intramolecular Hbond substituents is 1. The maximum absolute atomic E-state index is 11.3. The highest BCUT2D eigenvalue weighted by atomic mass is 35.5. The Balaban J connectivity index is 1.99. The summed E-state index contributed by atoms with van der Waals surface area (Å²) in [6, 6.07) is 12.8. The van der Waals surface area contributed by atoms with Gasteiger partial charge in [0.1, 0.15) is 5.75 Å². The molecule has 0 heterocycles. The van der Waals surface area contributed by atoms with Crippen molar-refractivity contribution in [2.75, 3.05) is 0 Å². The Kier molecular flexibility index (Phi) is 5.94. The van der Waals surface area contributed by atoms with E-state index in [4.69, 9.17) is 11.6 Å². The molecule has 5 heteroatoms. The molecule has 0 bridgehead atoms. The van der Waals surface area contributed by atoms with Crippen LogP contribution in [0.2, 0.25) is 5.02 Å². The number of hydrogen-bond donors (Lipinski definition) is 2. The third kappa shape index (κ3) is 5.60. The first-order valence-electron chi connectivity index (χ1n) is 7.01. The third-order valence-corrected chi connectivity index (χ3v) is 3.41. The number of halogens is 1. The number of carboxylic acid groups (broad SMARTS) is 1. The Morgan fingerprint density at radius 3 is 2.39 bits per heavy atom. The van der Waals surface area contributed by atoms with Crippen LogP contribution in [0.15, 0.2) is 59.6 Å².